The minimum absolute atomic E-state index is 0.0348. The number of anilines is 1. The number of nitrogens with two attached hydrogens (primary N) is 1. The van der Waals surface area contributed by atoms with Crippen LogP contribution in [0, 0.1) is 6.92 Å². The molecule has 0 bridgehead atoms. The van der Waals surface area contributed by atoms with Gasteiger partial charge in [0.2, 0.25) is 0 Å². The Morgan fingerprint density at radius 1 is 1.18 bits per heavy atom. The minimum atomic E-state index is -2.11. The Bertz CT molecular complexity index is 963. The Labute approximate surface area is 204 Å². The SMILES string of the molecule is Cc1c(N)nc2c(c1C1=CCN(C(=O)OC(C)(C)C)CC(O[Si](C)(C)C(C)(C)C)C1)OCCO2. The predicted molar refractivity (Wildman–Crippen MR) is 137 cm³/mol. The molecular weight excluding hydrogens is 450 g/mol. The van der Waals surface area contributed by atoms with Gasteiger partial charge in [-0.3, -0.25) is 0 Å². The summed E-state index contributed by atoms with van der Waals surface area (Å²) < 4.78 is 24.3. The Morgan fingerprint density at radius 3 is 2.44 bits per heavy atom. The summed E-state index contributed by atoms with van der Waals surface area (Å²) in [4.78, 5) is 19.1. The maximum absolute atomic E-state index is 13.0. The van der Waals surface area contributed by atoms with Crippen LogP contribution in [0.15, 0.2) is 6.08 Å². The molecule has 0 saturated heterocycles. The van der Waals surface area contributed by atoms with E-state index in [2.05, 4.69) is 44.9 Å². The van der Waals surface area contributed by atoms with E-state index < -0.39 is 13.9 Å². The molecule has 0 spiro atoms. The molecule has 0 saturated carbocycles. The van der Waals surface area contributed by atoms with Crippen LogP contribution in [0.25, 0.3) is 5.57 Å². The molecule has 1 atom stereocenters. The summed E-state index contributed by atoms with van der Waals surface area (Å²) in [7, 11) is -2.11. The van der Waals surface area contributed by atoms with Crippen molar-refractivity contribution in [1.82, 2.24) is 9.88 Å². The van der Waals surface area contributed by atoms with Crippen LogP contribution in [-0.2, 0) is 9.16 Å². The summed E-state index contributed by atoms with van der Waals surface area (Å²) in [5, 5.41) is 0.0348. The third kappa shape index (κ3) is 5.86. The second kappa shape index (κ2) is 9.41. The highest BCUT2D eigenvalue weighted by atomic mass is 28.4. The standard InChI is InChI=1S/C25H41N3O5Si/c1-16-19(20-22(27-21(16)26)31-13-12-30-20)17-10-11-28(23(29)32-24(2,3)4)15-18(14-17)33-34(8,9)25(5,6)7/h10,18H,11-15H2,1-9H3,(H2,26,27). The second-order valence-electron chi connectivity index (χ2n) is 11.6. The monoisotopic (exact) mass is 491 g/mol. The first kappa shape index (κ1) is 26.3. The van der Waals surface area contributed by atoms with Gasteiger partial charge in [0.15, 0.2) is 14.1 Å². The number of hydrogen-bond donors (Lipinski definition) is 1. The zero-order valence-corrected chi connectivity index (χ0v) is 23.2. The molecule has 9 heteroatoms. The highest BCUT2D eigenvalue weighted by Gasteiger charge is 2.41. The lowest BCUT2D eigenvalue weighted by molar-refractivity contribution is 0.0196. The maximum Gasteiger partial charge on any atom is 0.410 e. The fourth-order valence-electron chi connectivity index (χ4n) is 3.84. The van der Waals surface area contributed by atoms with Crippen molar-refractivity contribution in [3.63, 3.8) is 0 Å². The van der Waals surface area contributed by atoms with E-state index in [9.17, 15) is 4.79 Å². The fraction of sp³-hybridized carbons (Fsp3) is 0.680. The molecule has 1 unspecified atom stereocenters. The molecule has 0 aliphatic carbocycles. The molecule has 0 aromatic carbocycles. The van der Waals surface area contributed by atoms with Crippen LogP contribution >= 0.6 is 0 Å². The molecule has 1 amide bonds. The maximum atomic E-state index is 13.0. The van der Waals surface area contributed by atoms with Crippen LogP contribution in [0.4, 0.5) is 10.6 Å². The quantitative estimate of drug-likeness (QED) is 0.584. The summed E-state index contributed by atoms with van der Waals surface area (Å²) >= 11 is 0. The summed E-state index contributed by atoms with van der Waals surface area (Å²) in [5.41, 5.74) is 8.41. The number of aromatic nitrogens is 1. The van der Waals surface area contributed by atoms with Gasteiger partial charge >= 0.3 is 6.09 Å². The molecule has 2 N–H and O–H groups in total. The number of ether oxygens (including phenoxy) is 3. The van der Waals surface area contributed by atoms with Crippen molar-refractivity contribution >= 4 is 25.8 Å². The van der Waals surface area contributed by atoms with E-state index in [1.807, 2.05) is 27.7 Å². The normalized spacial score (nSPS) is 19.4. The first-order valence-electron chi connectivity index (χ1n) is 12.0. The lowest BCUT2D eigenvalue weighted by Gasteiger charge is -2.40. The number of pyridine rings is 1. The van der Waals surface area contributed by atoms with Crippen LogP contribution < -0.4 is 15.2 Å². The van der Waals surface area contributed by atoms with Crippen molar-refractivity contribution in [2.75, 3.05) is 32.0 Å². The molecular formula is C25H41N3O5Si. The number of nitrogens with zero attached hydrogens (tertiary/aromatic N) is 2. The van der Waals surface area contributed by atoms with E-state index in [-0.39, 0.29) is 17.2 Å². The van der Waals surface area contributed by atoms with E-state index in [1.165, 1.54) is 0 Å². The summed E-state index contributed by atoms with van der Waals surface area (Å²) in [5.74, 6) is 1.44. The smallest absolute Gasteiger partial charge is 0.410 e. The third-order valence-corrected chi connectivity index (χ3v) is 11.2. The highest BCUT2D eigenvalue weighted by Crippen LogP contribution is 2.44. The zero-order chi connectivity index (χ0) is 25.5. The highest BCUT2D eigenvalue weighted by molar-refractivity contribution is 6.74. The number of carbonyl (C=O) groups is 1. The summed E-state index contributed by atoms with van der Waals surface area (Å²) in [6.45, 7) is 20.4. The first-order valence-corrected chi connectivity index (χ1v) is 14.9. The second-order valence-corrected chi connectivity index (χ2v) is 16.4. The van der Waals surface area contributed by atoms with Crippen molar-refractivity contribution in [3.05, 3.63) is 17.2 Å². The van der Waals surface area contributed by atoms with Gasteiger partial charge in [-0.25, -0.2) is 4.79 Å². The van der Waals surface area contributed by atoms with Crippen LogP contribution in [0.5, 0.6) is 11.6 Å². The molecule has 1 aromatic heterocycles. The number of rotatable bonds is 3. The number of amides is 1. The van der Waals surface area contributed by atoms with Gasteiger partial charge in [0.25, 0.3) is 5.88 Å². The van der Waals surface area contributed by atoms with E-state index in [0.717, 1.165) is 16.7 Å². The van der Waals surface area contributed by atoms with Crippen molar-refractivity contribution in [3.8, 4) is 11.6 Å². The minimum Gasteiger partial charge on any atom is -0.484 e. The van der Waals surface area contributed by atoms with Gasteiger partial charge in [0, 0.05) is 24.2 Å². The molecule has 3 rings (SSSR count). The summed E-state index contributed by atoms with van der Waals surface area (Å²) in [6, 6.07) is 0. The topological polar surface area (TPSA) is 96.1 Å². The van der Waals surface area contributed by atoms with E-state index in [1.54, 1.807) is 4.90 Å². The van der Waals surface area contributed by atoms with Gasteiger partial charge in [0.05, 0.1) is 6.10 Å². The molecule has 190 valence electrons. The van der Waals surface area contributed by atoms with Crippen molar-refractivity contribution in [2.45, 2.75) is 84.7 Å². The molecule has 1 aromatic rings. The zero-order valence-electron chi connectivity index (χ0n) is 22.2. The predicted octanol–water partition coefficient (Wildman–Crippen LogP) is 5.16. The number of carbonyl (C=O) groups excluding carboxylic acids is 1. The molecule has 3 heterocycles. The van der Waals surface area contributed by atoms with Gasteiger partial charge in [-0.05, 0) is 57.8 Å². The Kier molecular flexibility index (Phi) is 7.29. The third-order valence-electron chi connectivity index (χ3n) is 6.64. The van der Waals surface area contributed by atoms with E-state index in [4.69, 9.17) is 24.4 Å². The van der Waals surface area contributed by atoms with Crippen LogP contribution in [0.3, 0.4) is 0 Å². The Hall–Kier alpha value is -2.26. The van der Waals surface area contributed by atoms with Crippen LogP contribution in [-0.4, -0.2) is 62.3 Å². The fourth-order valence-corrected chi connectivity index (χ4v) is 5.18. The number of fused-ring (bicyclic) bond motifs is 1. The largest absolute Gasteiger partial charge is 0.484 e. The summed E-state index contributed by atoms with van der Waals surface area (Å²) in [6.07, 6.45) is 2.13. The van der Waals surface area contributed by atoms with Crippen molar-refractivity contribution in [2.24, 2.45) is 0 Å². The lowest BCUT2D eigenvalue weighted by atomic mass is 9.95. The van der Waals surface area contributed by atoms with Crippen molar-refractivity contribution < 1.29 is 23.4 Å². The Morgan fingerprint density at radius 2 is 1.82 bits per heavy atom. The van der Waals surface area contributed by atoms with Gasteiger partial charge in [-0.1, -0.05) is 26.8 Å². The molecule has 0 radical (unpaired) electrons. The molecule has 34 heavy (non-hydrogen) atoms. The average molecular weight is 492 g/mol. The molecule has 2 aliphatic heterocycles. The molecule has 8 nitrogen and oxygen atoms in total. The number of hydrogen-bond acceptors (Lipinski definition) is 7. The van der Waals surface area contributed by atoms with Gasteiger partial charge in [-0.2, -0.15) is 4.98 Å². The molecule has 2 aliphatic rings. The lowest BCUT2D eigenvalue weighted by Crippen LogP contribution is -2.48. The van der Waals surface area contributed by atoms with Gasteiger partial charge < -0.3 is 29.3 Å². The van der Waals surface area contributed by atoms with Gasteiger partial charge in [0.1, 0.15) is 24.6 Å². The van der Waals surface area contributed by atoms with Gasteiger partial charge in [-0.15, -0.1) is 0 Å². The van der Waals surface area contributed by atoms with E-state index >= 15 is 0 Å². The van der Waals surface area contributed by atoms with E-state index in [0.29, 0.717) is 50.2 Å². The van der Waals surface area contributed by atoms with Crippen molar-refractivity contribution in [1.29, 1.82) is 0 Å². The number of nitrogen functional groups attached to an aromatic ring is 1. The van der Waals surface area contributed by atoms with Crippen LogP contribution in [0.1, 0.15) is 59.1 Å². The average Bonchev–Trinajstić information content (AvgIpc) is 2.89. The Balaban J connectivity index is 2.03. The first-order chi connectivity index (χ1) is 15.6. The molecule has 0 fully saturated rings. The van der Waals surface area contributed by atoms with Crippen LogP contribution in [0.2, 0.25) is 18.1 Å².